The fourth-order valence-electron chi connectivity index (χ4n) is 2.72. The van der Waals surface area contributed by atoms with E-state index in [0.717, 1.165) is 31.7 Å². The molecule has 1 aliphatic heterocycles. The molecule has 1 fully saturated rings. The van der Waals surface area contributed by atoms with Gasteiger partial charge in [0.2, 0.25) is 5.91 Å². The zero-order valence-corrected chi connectivity index (χ0v) is 15.9. The highest BCUT2D eigenvalue weighted by molar-refractivity contribution is 6.36. The molecule has 1 aliphatic rings. The molecule has 1 saturated heterocycles. The number of phenols is 1. The molecule has 134 valence electrons. The van der Waals surface area contributed by atoms with E-state index >= 15 is 0 Å². The van der Waals surface area contributed by atoms with Gasteiger partial charge in [0.25, 0.3) is 0 Å². The summed E-state index contributed by atoms with van der Waals surface area (Å²) in [4.78, 5) is 16.4. The van der Waals surface area contributed by atoms with Crippen LogP contribution >= 0.6 is 23.2 Å². The maximum Gasteiger partial charge on any atom is 0.234 e. The largest absolute Gasteiger partial charge is 0.506 e. The normalized spacial score (nSPS) is 17.0. The third-order valence-electron chi connectivity index (χ3n) is 3.89. The first-order chi connectivity index (χ1) is 11.2. The number of carbonyl (C=O) groups is 1. The molecule has 0 radical (unpaired) electrons. The van der Waals surface area contributed by atoms with Gasteiger partial charge in [-0.05, 0) is 32.9 Å². The third-order valence-corrected chi connectivity index (χ3v) is 4.67. The molecule has 0 atom stereocenters. The Morgan fingerprint density at radius 2 is 1.75 bits per heavy atom. The van der Waals surface area contributed by atoms with E-state index < -0.39 is 0 Å². The van der Waals surface area contributed by atoms with Gasteiger partial charge in [0.05, 0.1) is 11.6 Å². The Kier molecular flexibility index (Phi) is 6.37. The van der Waals surface area contributed by atoms with Crippen molar-refractivity contribution in [2.45, 2.75) is 32.9 Å². The summed E-state index contributed by atoms with van der Waals surface area (Å²) in [6, 6.07) is 3.16. The van der Waals surface area contributed by atoms with Gasteiger partial charge >= 0.3 is 0 Å². The lowest BCUT2D eigenvalue weighted by Crippen LogP contribution is -2.51. The van der Waals surface area contributed by atoms with Crippen LogP contribution < -0.4 is 5.32 Å². The van der Waals surface area contributed by atoms with E-state index in [1.165, 1.54) is 6.07 Å². The summed E-state index contributed by atoms with van der Waals surface area (Å²) < 4.78 is 0. The van der Waals surface area contributed by atoms with Gasteiger partial charge in [-0.15, -0.1) is 0 Å². The number of phenolic OH excluding ortho intramolecular Hbond substituents is 1. The minimum absolute atomic E-state index is 0.0496. The zero-order valence-electron chi connectivity index (χ0n) is 14.4. The molecule has 0 saturated carbocycles. The van der Waals surface area contributed by atoms with E-state index in [9.17, 15) is 9.90 Å². The summed E-state index contributed by atoms with van der Waals surface area (Å²) in [5.74, 6) is 0.101. The van der Waals surface area contributed by atoms with Gasteiger partial charge in [0.1, 0.15) is 5.75 Å². The highest BCUT2D eigenvalue weighted by Crippen LogP contribution is 2.33. The van der Waals surface area contributed by atoms with Crippen LogP contribution in [0.4, 0.5) is 0 Å². The average molecular weight is 374 g/mol. The van der Waals surface area contributed by atoms with Crippen LogP contribution in [-0.2, 0) is 11.3 Å². The van der Waals surface area contributed by atoms with Crippen LogP contribution in [0.2, 0.25) is 10.0 Å². The van der Waals surface area contributed by atoms with Crippen LogP contribution in [0.1, 0.15) is 26.3 Å². The Balaban J connectivity index is 1.85. The Morgan fingerprint density at radius 1 is 1.17 bits per heavy atom. The number of halogens is 2. The van der Waals surface area contributed by atoms with E-state index in [4.69, 9.17) is 23.2 Å². The van der Waals surface area contributed by atoms with E-state index in [2.05, 4.69) is 15.1 Å². The predicted molar refractivity (Wildman–Crippen MR) is 97.7 cm³/mol. The lowest BCUT2D eigenvalue weighted by atomic mass is 10.1. The highest BCUT2D eigenvalue weighted by atomic mass is 35.5. The summed E-state index contributed by atoms with van der Waals surface area (Å²) in [5.41, 5.74) is 0.541. The monoisotopic (exact) mass is 373 g/mol. The second-order valence-electron chi connectivity index (χ2n) is 7.21. The topological polar surface area (TPSA) is 55.8 Å². The number of nitrogens with zero attached hydrogens (tertiary/aromatic N) is 2. The van der Waals surface area contributed by atoms with Crippen LogP contribution in [0.5, 0.6) is 5.75 Å². The van der Waals surface area contributed by atoms with Crippen molar-refractivity contribution in [3.8, 4) is 5.75 Å². The molecule has 0 unspecified atom stereocenters. The average Bonchev–Trinajstić information content (AvgIpc) is 2.47. The molecule has 2 rings (SSSR count). The Morgan fingerprint density at radius 3 is 2.33 bits per heavy atom. The Hall–Kier alpha value is -1.01. The number of piperazine rings is 1. The number of hydrogen-bond donors (Lipinski definition) is 2. The van der Waals surface area contributed by atoms with Crippen LogP contribution in [0, 0.1) is 0 Å². The molecule has 5 nitrogen and oxygen atoms in total. The lowest BCUT2D eigenvalue weighted by Gasteiger charge is -2.35. The van der Waals surface area contributed by atoms with Gasteiger partial charge in [-0.2, -0.15) is 0 Å². The van der Waals surface area contributed by atoms with Gasteiger partial charge in [-0.25, -0.2) is 0 Å². The van der Waals surface area contributed by atoms with Crippen molar-refractivity contribution < 1.29 is 9.90 Å². The molecule has 0 aliphatic carbocycles. The first-order valence-corrected chi connectivity index (χ1v) is 8.83. The molecule has 1 aromatic rings. The van der Waals surface area contributed by atoms with Crippen LogP contribution in [0.15, 0.2) is 12.1 Å². The van der Waals surface area contributed by atoms with Crippen LogP contribution in [-0.4, -0.2) is 59.1 Å². The molecular weight excluding hydrogens is 349 g/mol. The standard InChI is InChI=1S/C17H25Cl2N3O2/c1-17(2,3)20-15(24)11-22-8-6-21(7-9-22)10-12-13(18)4-5-14(23)16(12)19/h4-5,23H,6-11H2,1-3H3,(H,20,24). The van der Waals surface area contributed by atoms with Crippen molar-refractivity contribution in [3.05, 3.63) is 27.7 Å². The van der Waals surface area contributed by atoms with Crippen molar-refractivity contribution >= 4 is 29.1 Å². The van der Waals surface area contributed by atoms with Gasteiger partial charge in [-0.3, -0.25) is 14.6 Å². The smallest absolute Gasteiger partial charge is 0.234 e. The maximum atomic E-state index is 12.0. The highest BCUT2D eigenvalue weighted by Gasteiger charge is 2.22. The molecule has 2 N–H and O–H groups in total. The second kappa shape index (κ2) is 7.91. The summed E-state index contributed by atoms with van der Waals surface area (Å²) in [5, 5.41) is 13.6. The van der Waals surface area contributed by atoms with Gasteiger partial charge in [0.15, 0.2) is 0 Å². The zero-order chi connectivity index (χ0) is 17.9. The SMILES string of the molecule is CC(C)(C)NC(=O)CN1CCN(Cc2c(Cl)ccc(O)c2Cl)CC1. The second-order valence-corrected chi connectivity index (χ2v) is 7.99. The fourth-order valence-corrected chi connectivity index (χ4v) is 3.21. The molecule has 0 bridgehead atoms. The molecule has 0 spiro atoms. The summed E-state index contributed by atoms with van der Waals surface area (Å²) in [6.45, 7) is 10.2. The first kappa shape index (κ1) is 19.3. The van der Waals surface area contributed by atoms with Crippen molar-refractivity contribution in [2.75, 3.05) is 32.7 Å². The third kappa shape index (κ3) is 5.52. The summed E-state index contributed by atoms with van der Waals surface area (Å²) >= 11 is 12.3. The Bertz CT molecular complexity index is 594. The molecule has 0 aromatic heterocycles. The van der Waals surface area contributed by atoms with E-state index in [0.29, 0.717) is 23.1 Å². The molecule has 1 aromatic carbocycles. The number of carbonyl (C=O) groups excluding carboxylic acids is 1. The maximum absolute atomic E-state index is 12.0. The number of hydrogen-bond acceptors (Lipinski definition) is 4. The molecule has 1 heterocycles. The molecule has 24 heavy (non-hydrogen) atoms. The number of aromatic hydroxyl groups is 1. The van der Waals surface area contributed by atoms with Crippen LogP contribution in [0.3, 0.4) is 0 Å². The fraction of sp³-hybridized carbons (Fsp3) is 0.588. The van der Waals surface area contributed by atoms with Gasteiger partial charge < -0.3 is 10.4 Å². The lowest BCUT2D eigenvalue weighted by molar-refractivity contribution is -0.124. The summed E-state index contributed by atoms with van der Waals surface area (Å²) in [7, 11) is 0. The van der Waals surface area contributed by atoms with E-state index in [-0.39, 0.29) is 17.2 Å². The number of rotatable bonds is 4. The van der Waals surface area contributed by atoms with Gasteiger partial charge in [0, 0.05) is 48.8 Å². The summed E-state index contributed by atoms with van der Waals surface area (Å²) in [6.07, 6.45) is 0. The minimum Gasteiger partial charge on any atom is -0.506 e. The predicted octanol–water partition coefficient (Wildman–Crippen LogP) is 2.73. The number of benzene rings is 1. The quantitative estimate of drug-likeness (QED) is 0.851. The first-order valence-electron chi connectivity index (χ1n) is 8.07. The van der Waals surface area contributed by atoms with Crippen molar-refractivity contribution in [3.63, 3.8) is 0 Å². The van der Waals surface area contributed by atoms with Gasteiger partial charge in [-0.1, -0.05) is 23.2 Å². The van der Waals surface area contributed by atoms with E-state index in [1.807, 2.05) is 20.8 Å². The van der Waals surface area contributed by atoms with Crippen LogP contribution in [0.25, 0.3) is 0 Å². The van der Waals surface area contributed by atoms with E-state index in [1.54, 1.807) is 6.07 Å². The molecule has 1 amide bonds. The minimum atomic E-state index is -0.207. The molecular formula is C17H25Cl2N3O2. The van der Waals surface area contributed by atoms with Crippen molar-refractivity contribution in [1.82, 2.24) is 15.1 Å². The van der Waals surface area contributed by atoms with Crippen molar-refractivity contribution in [2.24, 2.45) is 0 Å². The number of nitrogens with one attached hydrogen (secondary N) is 1. The van der Waals surface area contributed by atoms with Crippen molar-refractivity contribution in [1.29, 1.82) is 0 Å². The Labute approximate surface area is 153 Å². The number of amides is 1. The molecule has 7 heteroatoms.